The molecule has 0 aliphatic rings. The van der Waals surface area contributed by atoms with Crippen LogP contribution in [-0.2, 0) is 19.5 Å². The molecule has 0 unspecified atom stereocenters. The summed E-state index contributed by atoms with van der Waals surface area (Å²) in [4.78, 5) is 29.4. The van der Waals surface area contributed by atoms with E-state index in [1.165, 1.54) is 4.68 Å². The molecule has 0 spiro atoms. The third-order valence-electron chi connectivity index (χ3n) is 4.94. The molecule has 2 N–H and O–H groups in total. The first-order valence-corrected chi connectivity index (χ1v) is 10.1. The van der Waals surface area contributed by atoms with Crippen LogP contribution in [0.2, 0.25) is 0 Å². The van der Waals surface area contributed by atoms with E-state index in [9.17, 15) is 9.59 Å². The van der Waals surface area contributed by atoms with Gasteiger partial charge in [0.25, 0.3) is 5.56 Å². The topological polar surface area (TPSA) is 88.9 Å². The van der Waals surface area contributed by atoms with E-state index in [1.54, 1.807) is 12.3 Å². The number of carbonyl (C=O) groups is 1. The number of hydrogen-bond acceptors (Lipinski definition) is 4. The van der Waals surface area contributed by atoms with Gasteiger partial charge in [-0.25, -0.2) is 9.48 Å². The first kappa shape index (κ1) is 20.3. The minimum Gasteiger partial charge on any atom is -0.338 e. The molecule has 2 aromatic carbocycles. The predicted octanol–water partition coefficient (Wildman–Crippen LogP) is 2.88. The van der Waals surface area contributed by atoms with Crippen molar-refractivity contribution in [2.24, 2.45) is 0 Å². The van der Waals surface area contributed by atoms with E-state index < -0.39 is 0 Å². The van der Waals surface area contributed by atoms with E-state index in [1.807, 2.05) is 66.7 Å². The maximum absolute atomic E-state index is 12.9. The number of amides is 2. The molecule has 0 aliphatic heterocycles. The lowest BCUT2D eigenvalue weighted by atomic mass is 10.1. The van der Waals surface area contributed by atoms with Crippen LogP contribution in [0, 0.1) is 0 Å². The van der Waals surface area contributed by atoms with Gasteiger partial charge >= 0.3 is 6.03 Å². The molecular weight excluding hydrogens is 390 g/mol. The highest BCUT2D eigenvalue weighted by atomic mass is 16.2. The minimum atomic E-state index is -0.274. The summed E-state index contributed by atoms with van der Waals surface area (Å²) in [6.45, 7) is 1.00. The third-order valence-corrected chi connectivity index (χ3v) is 4.94. The molecule has 7 nitrogen and oxygen atoms in total. The molecule has 4 rings (SSSR count). The molecule has 2 amide bonds. The van der Waals surface area contributed by atoms with Crippen LogP contribution < -0.4 is 16.2 Å². The summed E-state index contributed by atoms with van der Waals surface area (Å²) in [5.41, 5.74) is 2.35. The highest BCUT2D eigenvalue weighted by molar-refractivity contribution is 5.84. The van der Waals surface area contributed by atoms with Crippen molar-refractivity contribution >= 4 is 16.8 Å². The van der Waals surface area contributed by atoms with Crippen LogP contribution >= 0.6 is 0 Å². The Bertz CT molecular complexity index is 1220. The summed E-state index contributed by atoms with van der Waals surface area (Å²) < 4.78 is 1.40. The van der Waals surface area contributed by atoms with Gasteiger partial charge in [0.1, 0.15) is 0 Å². The summed E-state index contributed by atoms with van der Waals surface area (Å²) in [6.07, 6.45) is 2.44. The van der Waals surface area contributed by atoms with Crippen LogP contribution in [0.4, 0.5) is 4.79 Å². The van der Waals surface area contributed by atoms with Crippen LogP contribution in [0.15, 0.2) is 83.8 Å². The summed E-state index contributed by atoms with van der Waals surface area (Å²) in [7, 11) is 0. The molecule has 0 fully saturated rings. The van der Waals surface area contributed by atoms with Crippen molar-refractivity contribution in [3.05, 3.63) is 106 Å². The number of urea groups is 1. The lowest BCUT2D eigenvalue weighted by Gasteiger charge is -2.12. The number of pyridine rings is 1. The molecule has 0 atom stereocenters. The zero-order valence-corrected chi connectivity index (χ0v) is 17.0. The van der Waals surface area contributed by atoms with Crippen LogP contribution in [0.25, 0.3) is 10.8 Å². The molecule has 31 heavy (non-hydrogen) atoms. The molecule has 4 aromatic rings. The second-order valence-electron chi connectivity index (χ2n) is 7.12. The van der Waals surface area contributed by atoms with E-state index in [-0.39, 0.29) is 24.7 Å². The van der Waals surface area contributed by atoms with E-state index in [2.05, 4.69) is 20.7 Å². The quantitative estimate of drug-likeness (QED) is 0.488. The Hall–Kier alpha value is -4.00. The molecular formula is C24H23N5O2. The molecule has 2 heterocycles. The van der Waals surface area contributed by atoms with Gasteiger partial charge in [-0.1, -0.05) is 54.6 Å². The number of nitrogens with zero attached hydrogens (tertiary/aromatic N) is 3. The number of benzene rings is 2. The first-order chi connectivity index (χ1) is 15.2. The average Bonchev–Trinajstić information content (AvgIpc) is 2.81. The fourth-order valence-electron chi connectivity index (χ4n) is 3.38. The Morgan fingerprint density at radius 1 is 0.871 bits per heavy atom. The van der Waals surface area contributed by atoms with Gasteiger partial charge in [0, 0.05) is 18.1 Å². The van der Waals surface area contributed by atoms with Crippen molar-refractivity contribution in [1.82, 2.24) is 25.4 Å². The minimum absolute atomic E-state index is 0.183. The van der Waals surface area contributed by atoms with E-state index in [4.69, 9.17) is 0 Å². The van der Waals surface area contributed by atoms with Crippen LogP contribution in [0.1, 0.15) is 17.0 Å². The maximum Gasteiger partial charge on any atom is 0.315 e. The van der Waals surface area contributed by atoms with E-state index in [0.717, 1.165) is 23.1 Å². The Labute approximate surface area is 179 Å². The van der Waals surface area contributed by atoms with E-state index >= 15 is 0 Å². The maximum atomic E-state index is 12.9. The van der Waals surface area contributed by atoms with Gasteiger partial charge in [-0.3, -0.25) is 9.78 Å². The molecule has 156 valence electrons. The van der Waals surface area contributed by atoms with Gasteiger partial charge in [0.2, 0.25) is 0 Å². The number of fused-ring (bicyclic) bond motifs is 1. The number of hydrogen-bond donors (Lipinski definition) is 2. The molecule has 0 saturated carbocycles. The third kappa shape index (κ3) is 5.14. The highest BCUT2D eigenvalue weighted by Crippen LogP contribution is 2.13. The molecule has 0 radical (unpaired) electrons. The van der Waals surface area contributed by atoms with Crippen LogP contribution in [-0.4, -0.2) is 27.3 Å². The molecule has 2 aromatic heterocycles. The lowest BCUT2D eigenvalue weighted by Crippen LogP contribution is -2.37. The van der Waals surface area contributed by atoms with Gasteiger partial charge in [-0.05, 0) is 30.2 Å². The molecule has 0 bridgehead atoms. The van der Waals surface area contributed by atoms with Crippen molar-refractivity contribution in [2.75, 3.05) is 6.54 Å². The summed E-state index contributed by atoms with van der Waals surface area (Å²) in [6, 6.07) is 22.6. The summed E-state index contributed by atoms with van der Waals surface area (Å²) in [5, 5.41) is 11.5. The van der Waals surface area contributed by atoms with Crippen LogP contribution in [0.3, 0.4) is 0 Å². The Morgan fingerprint density at radius 3 is 2.39 bits per heavy atom. The SMILES string of the molecule is O=C(NCCc1ccccc1)NCc1nn(Cc2ccccn2)c(=O)c2ccccc12. The monoisotopic (exact) mass is 413 g/mol. The molecule has 0 saturated heterocycles. The normalized spacial score (nSPS) is 10.7. The summed E-state index contributed by atoms with van der Waals surface area (Å²) >= 11 is 0. The average molecular weight is 413 g/mol. The largest absolute Gasteiger partial charge is 0.338 e. The van der Waals surface area contributed by atoms with Crippen molar-refractivity contribution < 1.29 is 4.79 Å². The number of rotatable bonds is 7. The zero-order chi connectivity index (χ0) is 21.5. The smallest absolute Gasteiger partial charge is 0.315 e. The number of aromatic nitrogens is 3. The zero-order valence-electron chi connectivity index (χ0n) is 17.0. The van der Waals surface area contributed by atoms with Gasteiger partial charge in [0.05, 0.1) is 29.9 Å². The molecule has 0 aliphatic carbocycles. The van der Waals surface area contributed by atoms with Gasteiger partial charge in [0.15, 0.2) is 0 Å². The Kier molecular flexibility index (Phi) is 6.32. The lowest BCUT2D eigenvalue weighted by molar-refractivity contribution is 0.240. The highest BCUT2D eigenvalue weighted by Gasteiger charge is 2.12. The van der Waals surface area contributed by atoms with Crippen molar-refractivity contribution in [2.45, 2.75) is 19.5 Å². The molecule has 7 heteroatoms. The fraction of sp³-hybridized carbons (Fsp3) is 0.167. The number of nitrogens with one attached hydrogen (secondary N) is 2. The Balaban J connectivity index is 1.47. The standard InChI is InChI=1S/C24H23N5O2/c30-23-21-12-5-4-11-20(21)22(28-29(23)17-19-10-6-7-14-25-19)16-27-24(31)26-15-13-18-8-2-1-3-9-18/h1-12,14H,13,15-17H2,(H2,26,27,31). The van der Waals surface area contributed by atoms with Crippen LogP contribution in [0.5, 0.6) is 0 Å². The Morgan fingerprint density at radius 2 is 1.61 bits per heavy atom. The summed E-state index contributed by atoms with van der Waals surface area (Å²) in [5.74, 6) is 0. The second-order valence-corrected chi connectivity index (χ2v) is 7.12. The van der Waals surface area contributed by atoms with Gasteiger partial charge in [-0.2, -0.15) is 5.10 Å². The second kappa shape index (κ2) is 9.67. The number of carbonyl (C=O) groups excluding carboxylic acids is 1. The first-order valence-electron chi connectivity index (χ1n) is 10.1. The predicted molar refractivity (Wildman–Crippen MR) is 120 cm³/mol. The van der Waals surface area contributed by atoms with Crippen molar-refractivity contribution in [1.29, 1.82) is 0 Å². The van der Waals surface area contributed by atoms with Gasteiger partial charge < -0.3 is 10.6 Å². The van der Waals surface area contributed by atoms with Crippen molar-refractivity contribution in [3.8, 4) is 0 Å². The fourth-order valence-corrected chi connectivity index (χ4v) is 3.38. The van der Waals surface area contributed by atoms with Crippen molar-refractivity contribution in [3.63, 3.8) is 0 Å². The van der Waals surface area contributed by atoms with Gasteiger partial charge in [-0.15, -0.1) is 0 Å². The van der Waals surface area contributed by atoms with E-state index in [0.29, 0.717) is 17.6 Å².